The summed E-state index contributed by atoms with van der Waals surface area (Å²) in [6.45, 7) is 3.10. The topological polar surface area (TPSA) is 127 Å². The van der Waals surface area contributed by atoms with E-state index in [-0.39, 0.29) is 5.91 Å². The molecule has 11 heteroatoms. The first-order valence-electron chi connectivity index (χ1n) is 8.57. The molecule has 0 aromatic carbocycles. The van der Waals surface area contributed by atoms with Gasteiger partial charge in [-0.05, 0) is 19.4 Å². The summed E-state index contributed by atoms with van der Waals surface area (Å²) >= 11 is 1.40. The van der Waals surface area contributed by atoms with Crippen molar-refractivity contribution in [1.82, 2.24) is 29.9 Å². The van der Waals surface area contributed by atoms with E-state index in [2.05, 4.69) is 25.9 Å². The van der Waals surface area contributed by atoms with Crippen LogP contribution in [0.15, 0.2) is 17.6 Å². The van der Waals surface area contributed by atoms with E-state index < -0.39 is 5.97 Å². The quantitative estimate of drug-likeness (QED) is 0.636. The third-order valence-electron chi connectivity index (χ3n) is 3.85. The summed E-state index contributed by atoms with van der Waals surface area (Å²) in [6.07, 6.45) is 5.68. The molecule has 3 rings (SSSR count). The molecular weight excluding hydrogens is 370 g/mol. The first-order valence-corrected chi connectivity index (χ1v) is 9.56. The lowest BCUT2D eigenvalue weighted by atomic mass is 9.99. The highest BCUT2D eigenvalue weighted by atomic mass is 32.2. The van der Waals surface area contributed by atoms with E-state index in [1.165, 1.54) is 11.8 Å². The Morgan fingerprint density at radius 2 is 2.15 bits per heavy atom. The van der Waals surface area contributed by atoms with E-state index in [1.807, 2.05) is 18.7 Å². The van der Waals surface area contributed by atoms with Gasteiger partial charge in [0.05, 0.1) is 17.6 Å². The van der Waals surface area contributed by atoms with Gasteiger partial charge in [0, 0.05) is 39.7 Å². The first-order chi connectivity index (χ1) is 12.9. The number of nitrogens with zero attached hydrogens (tertiary/aromatic N) is 5. The van der Waals surface area contributed by atoms with Gasteiger partial charge in [-0.25, -0.2) is 0 Å². The Morgan fingerprint density at radius 3 is 2.74 bits per heavy atom. The molecule has 27 heavy (non-hydrogen) atoms. The first kappa shape index (κ1) is 20.9. The summed E-state index contributed by atoms with van der Waals surface area (Å²) in [4.78, 5) is 21.0. The molecule has 1 aliphatic heterocycles. The molecule has 0 saturated carbocycles. The molecule has 0 bridgehead atoms. The van der Waals surface area contributed by atoms with Crippen LogP contribution < -0.4 is 10.6 Å². The number of hydrogen-bond donors (Lipinski definition) is 3. The van der Waals surface area contributed by atoms with E-state index in [4.69, 9.17) is 9.90 Å². The molecule has 10 nitrogen and oxygen atoms in total. The summed E-state index contributed by atoms with van der Waals surface area (Å²) in [6, 6.07) is 0. The van der Waals surface area contributed by atoms with Gasteiger partial charge >= 0.3 is 0 Å². The highest BCUT2D eigenvalue weighted by Gasteiger charge is 2.22. The number of thioether (sulfide) groups is 1. The van der Waals surface area contributed by atoms with Crippen LogP contribution in [0.5, 0.6) is 0 Å². The standard InChI is InChI=1S/C14H21N7OS.C2H4O2/c1-20-8-11(7-16-20)17-12(22)9-23-14-19-18-13(21(14)2)10-4-3-5-15-6-10;1-2(3)4/h7-8,10,15H,3-6,9H2,1-2H3,(H,17,22);1H3,(H,3,4). The van der Waals surface area contributed by atoms with E-state index in [0.29, 0.717) is 17.4 Å². The van der Waals surface area contributed by atoms with Crippen molar-refractivity contribution >= 4 is 29.3 Å². The number of aliphatic carboxylic acids is 1. The van der Waals surface area contributed by atoms with E-state index in [9.17, 15) is 4.79 Å². The van der Waals surface area contributed by atoms with Gasteiger partial charge < -0.3 is 20.3 Å². The number of piperidine rings is 1. The van der Waals surface area contributed by atoms with Gasteiger partial charge in [-0.2, -0.15) is 5.10 Å². The van der Waals surface area contributed by atoms with Gasteiger partial charge in [0.25, 0.3) is 5.97 Å². The highest BCUT2D eigenvalue weighted by molar-refractivity contribution is 7.99. The second-order valence-electron chi connectivity index (χ2n) is 6.20. The summed E-state index contributed by atoms with van der Waals surface area (Å²) in [5.74, 6) is 0.781. The van der Waals surface area contributed by atoms with Crippen molar-refractivity contribution in [2.75, 3.05) is 24.2 Å². The van der Waals surface area contributed by atoms with Crippen LogP contribution in [-0.2, 0) is 23.7 Å². The van der Waals surface area contributed by atoms with Crippen molar-refractivity contribution in [2.24, 2.45) is 14.1 Å². The maximum atomic E-state index is 12.0. The number of carbonyl (C=O) groups is 2. The monoisotopic (exact) mass is 395 g/mol. The number of aromatic nitrogens is 5. The minimum atomic E-state index is -0.833. The largest absolute Gasteiger partial charge is 0.481 e. The predicted molar refractivity (Wildman–Crippen MR) is 102 cm³/mol. The zero-order valence-corrected chi connectivity index (χ0v) is 16.5. The smallest absolute Gasteiger partial charge is 0.300 e. The van der Waals surface area contributed by atoms with Gasteiger partial charge in [-0.3, -0.25) is 14.3 Å². The Morgan fingerprint density at radius 1 is 1.41 bits per heavy atom. The van der Waals surface area contributed by atoms with Crippen LogP contribution in [-0.4, -0.2) is 60.4 Å². The van der Waals surface area contributed by atoms with Crippen molar-refractivity contribution in [2.45, 2.75) is 30.8 Å². The van der Waals surface area contributed by atoms with Crippen LogP contribution in [0.2, 0.25) is 0 Å². The lowest BCUT2D eigenvalue weighted by Crippen LogP contribution is -2.29. The zero-order valence-electron chi connectivity index (χ0n) is 15.7. The van der Waals surface area contributed by atoms with Crippen LogP contribution in [0.3, 0.4) is 0 Å². The van der Waals surface area contributed by atoms with E-state index >= 15 is 0 Å². The Labute approximate surface area is 161 Å². The molecule has 3 heterocycles. The second kappa shape index (κ2) is 10.1. The number of aryl methyl sites for hydroxylation is 1. The lowest BCUT2D eigenvalue weighted by molar-refractivity contribution is -0.134. The average Bonchev–Trinajstić information content (AvgIpc) is 3.19. The number of rotatable bonds is 5. The fourth-order valence-corrected chi connectivity index (χ4v) is 3.41. The van der Waals surface area contributed by atoms with Crippen LogP contribution >= 0.6 is 11.8 Å². The normalized spacial score (nSPS) is 16.3. The SMILES string of the molecule is CC(=O)O.Cn1cc(NC(=O)CSc2nnc(C3CCCNC3)n2C)cn1. The summed E-state index contributed by atoms with van der Waals surface area (Å²) in [7, 11) is 3.77. The second-order valence-corrected chi connectivity index (χ2v) is 7.14. The molecule has 1 saturated heterocycles. The van der Waals surface area contributed by atoms with Gasteiger partial charge in [0.15, 0.2) is 5.16 Å². The van der Waals surface area contributed by atoms with Crippen LogP contribution in [0, 0.1) is 0 Å². The van der Waals surface area contributed by atoms with Gasteiger partial charge in [0.1, 0.15) is 5.82 Å². The molecule has 0 radical (unpaired) electrons. The molecule has 1 unspecified atom stereocenters. The Kier molecular flexibility index (Phi) is 7.80. The molecule has 1 fully saturated rings. The number of carbonyl (C=O) groups excluding carboxylic acids is 1. The van der Waals surface area contributed by atoms with Gasteiger partial charge in [0.2, 0.25) is 5.91 Å². The molecule has 148 valence electrons. The van der Waals surface area contributed by atoms with Crippen molar-refractivity contribution < 1.29 is 14.7 Å². The maximum absolute atomic E-state index is 12.0. The molecular formula is C16H25N7O3S. The molecule has 1 aliphatic rings. The van der Waals surface area contributed by atoms with Gasteiger partial charge in [-0.15, -0.1) is 10.2 Å². The molecule has 1 amide bonds. The third-order valence-corrected chi connectivity index (χ3v) is 4.87. The fraction of sp³-hybridized carbons (Fsp3) is 0.562. The molecule has 0 spiro atoms. The van der Waals surface area contributed by atoms with E-state index in [1.54, 1.807) is 17.1 Å². The summed E-state index contributed by atoms with van der Waals surface area (Å²) < 4.78 is 3.65. The number of carboxylic acids is 1. The highest BCUT2D eigenvalue weighted by Crippen LogP contribution is 2.24. The fourth-order valence-electron chi connectivity index (χ4n) is 2.69. The average molecular weight is 395 g/mol. The molecule has 0 aliphatic carbocycles. The number of carboxylic acid groups (broad SMARTS) is 1. The van der Waals surface area contributed by atoms with Crippen LogP contribution in [0.1, 0.15) is 31.5 Å². The maximum Gasteiger partial charge on any atom is 0.300 e. The zero-order chi connectivity index (χ0) is 19.8. The Hall–Kier alpha value is -2.40. The molecule has 2 aromatic rings. The van der Waals surface area contributed by atoms with Crippen molar-refractivity contribution in [3.05, 3.63) is 18.2 Å². The molecule has 3 N–H and O–H groups in total. The summed E-state index contributed by atoms with van der Waals surface area (Å²) in [5.41, 5.74) is 0.699. The number of nitrogens with one attached hydrogen (secondary N) is 2. The van der Waals surface area contributed by atoms with Crippen molar-refractivity contribution in [3.8, 4) is 0 Å². The minimum absolute atomic E-state index is 0.0770. The Bertz CT molecular complexity index is 764. The lowest BCUT2D eigenvalue weighted by Gasteiger charge is -2.21. The predicted octanol–water partition coefficient (Wildman–Crippen LogP) is 0.837. The van der Waals surface area contributed by atoms with Crippen molar-refractivity contribution in [1.29, 1.82) is 0 Å². The van der Waals surface area contributed by atoms with Crippen LogP contribution in [0.25, 0.3) is 0 Å². The van der Waals surface area contributed by atoms with E-state index in [0.717, 1.165) is 43.8 Å². The third kappa shape index (κ3) is 6.68. The van der Waals surface area contributed by atoms with Gasteiger partial charge in [-0.1, -0.05) is 11.8 Å². The molecule has 2 aromatic heterocycles. The van der Waals surface area contributed by atoms with Crippen molar-refractivity contribution in [3.63, 3.8) is 0 Å². The number of hydrogen-bond acceptors (Lipinski definition) is 7. The number of amides is 1. The summed E-state index contributed by atoms with van der Waals surface area (Å²) in [5, 5.41) is 26.9. The number of anilines is 1. The van der Waals surface area contributed by atoms with Crippen LogP contribution in [0.4, 0.5) is 5.69 Å². The molecule has 1 atom stereocenters. The minimum Gasteiger partial charge on any atom is -0.481 e. The Balaban J connectivity index is 0.000000596.